The average molecular weight is 328 g/mol. The lowest BCUT2D eigenvalue weighted by Gasteiger charge is -2.15. The SMILES string of the molecule is NC(N)=NCCC[C@H](NC(=O)CNC(=O)[C@@H]1CCCN1)C(=O)O. The maximum atomic E-state index is 11.7. The zero-order valence-corrected chi connectivity index (χ0v) is 12.9. The van der Waals surface area contributed by atoms with E-state index in [0.717, 1.165) is 19.4 Å². The predicted molar refractivity (Wildman–Crippen MR) is 83.5 cm³/mol. The zero-order chi connectivity index (χ0) is 17.2. The molecule has 23 heavy (non-hydrogen) atoms. The van der Waals surface area contributed by atoms with Crippen LogP contribution in [0, 0.1) is 0 Å². The van der Waals surface area contributed by atoms with E-state index >= 15 is 0 Å². The minimum Gasteiger partial charge on any atom is -0.480 e. The van der Waals surface area contributed by atoms with Crippen LogP contribution in [-0.2, 0) is 14.4 Å². The Morgan fingerprint density at radius 2 is 2.09 bits per heavy atom. The number of nitrogens with one attached hydrogen (secondary N) is 3. The highest BCUT2D eigenvalue weighted by Crippen LogP contribution is 2.04. The van der Waals surface area contributed by atoms with Crippen LogP contribution in [0.3, 0.4) is 0 Å². The molecule has 2 amide bonds. The highest BCUT2D eigenvalue weighted by atomic mass is 16.4. The average Bonchev–Trinajstić information content (AvgIpc) is 3.01. The maximum Gasteiger partial charge on any atom is 0.326 e. The molecule has 1 aliphatic rings. The van der Waals surface area contributed by atoms with Crippen molar-refractivity contribution in [1.29, 1.82) is 0 Å². The van der Waals surface area contributed by atoms with Crippen molar-refractivity contribution in [2.75, 3.05) is 19.6 Å². The van der Waals surface area contributed by atoms with E-state index in [4.69, 9.17) is 16.6 Å². The highest BCUT2D eigenvalue weighted by Gasteiger charge is 2.23. The van der Waals surface area contributed by atoms with Crippen LogP contribution in [0.5, 0.6) is 0 Å². The van der Waals surface area contributed by atoms with Crippen LogP contribution in [0.25, 0.3) is 0 Å². The van der Waals surface area contributed by atoms with Crippen LogP contribution >= 0.6 is 0 Å². The summed E-state index contributed by atoms with van der Waals surface area (Å²) in [6.07, 6.45) is 2.25. The molecule has 10 heteroatoms. The van der Waals surface area contributed by atoms with E-state index in [9.17, 15) is 14.4 Å². The molecule has 0 spiro atoms. The number of aliphatic carboxylic acids is 1. The number of nitrogens with two attached hydrogens (primary N) is 2. The quantitative estimate of drug-likeness (QED) is 0.154. The standard InChI is InChI=1S/C13H24N6O4/c14-13(15)17-6-2-4-9(12(22)23)19-10(20)7-18-11(21)8-3-1-5-16-8/h8-9,16H,1-7H2,(H,18,21)(H,19,20)(H,22,23)(H4,14,15,17)/t8-,9-/m0/s1. The zero-order valence-electron chi connectivity index (χ0n) is 12.9. The molecule has 10 nitrogen and oxygen atoms in total. The first-order valence-electron chi connectivity index (χ1n) is 7.49. The van der Waals surface area contributed by atoms with Crippen LogP contribution in [-0.4, -0.2) is 60.6 Å². The molecule has 0 saturated carbocycles. The Morgan fingerprint density at radius 3 is 2.65 bits per heavy atom. The van der Waals surface area contributed by atoms with E-state index < -0.39 is 17.9 Å². The first kappa shape index (κ1) is 18.7. The number of rotatable bonds is 9. The first-order valence-corrected chi connectivity index (χ1v) is 7.49. The number of hydrogen-bond acceptors (Lipinski definition) is 5. The van der Waals surface area contributed by atoms with Gasteiger partial charge >= 0.3 is 5.97 Å². The van der Waals surface area contributed by atoms with Crippen LogP contribution in [0.1, 0.15) is 25.7 Å². The lowest BCUT2D eigenvalue weighted by Crippen LogP contribution is -2.48. The Hall–Kier alpha value is -2.36. The van der Waals surface area contributed by atoms with E-state index in [0.29, 0.717) is 6.42 Å². The van der Waals surface area contributed by atoms with Crippen LogP contribution in [0.2, 0.25) is 0 Å². The fraction of sp³-hybridized carbons (Fsp3) is 0.692. The Morgan fingerprint density at radius 1 is 1.35 bits per heavy atom. The molecular formula is C13H24N6O4. The van der Waals surface area contributed by atoms with Gasteiger partial charge in [0.05, 0.1) is 12.6 Å². The van der Waals surface area contributed by atoms with E-state index in [1.54, 1.807) is 0 Å². The number of carbonyl (C=O) groups excluding carboxylic acids is 2. The molecule has 2 atom stereocenters. The van der Waals surface area contributed by atoms with E-state index in [1.165, 1.54) is 0 Å². The number of aliphatic imine (C=N–C) groups is 1. The van der Waals surface area contributed by atoms with Crippen molar-refractivity contribution >= 4 is 23.7 Å². The normalized spacial score (nSPS) is 18.0. The fourth-order valence-corrected chi connectivity index (χ4v) is 2.21. The number of carbonyl (C=O) groups is 3. The van der Waals surface area contributed by atoms with Crippen molar-refractivity contribution in [2.45, 2.75) is 37.8 Å². The number of hydrogen-bond donors (Lipinski definition) is 6. The van der Waals surface area contributed by atoms with Gasteiger partial charge in [-0.1, -0.05) is 0 Å². The summed E-state index contributed by atoms with van der Waals surface area (Å²) in [5, 5.41) is 17.0. The second-order valence-corrected chi connectivity index (χ2v) is 5.27. The minimum atomic E-state index is -1.15. The molecule has 8 N–H and O–H groups in total. The Balaban J connectivity index is 2.31. The van der Waals surface area contributed by atoms with Gasteiger partial charge in [-0.2, -0.15) is 0 Å². The van der Waals surface area contributed by atoms with E-state index in [1.807, 2.05) is 0 Å². The summed E-state index contributed by atoms with van der Waals surface area (Å²) in [5.41, 5.74) is 10.3. The number of nitrogens with zero attached hydrogens (tertiary/aromatic N) is 1. The molecule has 0 aliphatic carbocycles. The molecule has 1 saturated heterocycles. The minimum absolute atomic E-state index is 0.0656. The van der Waals surface area contributed by atoms with Gasteiger partial charge in [-0.05, 0) is 32.2 Å². The van der Waals surface area contributed by atoms with Crippen LogP contribution in [0.15, 0.2) is 4.99 Å². The number of amides is 2. The molecule has 0 aromatic carbocycles. The predicted octanol–water partition coefficient (Wildman–Crippen LogP) is -2.52. The topological polar surface area (TPSA) is 172 Å². The van der Waals surface area contributed by atoms with Gasteiger partial charge in [0.2, 0.25) is 11.8 Å². The summed E-state index contributed by atoms with van der Waals surface area (Å²) in [7, 11) is 0. The maximum absolute atomic E-state index is 11.7. The smallest absolute Gasteiger partial charge is 0.326 e. The summed E-state index contributed by atoms with van der Waals surface area (Å²) in [5.74, 6) is -2.01. The van der Waals surface area contributed by atoms with Crippen molar-refractivity contribution in [3.05, 3.63) is 0 Å². The van der Waals surface area contributed by atoms with Gasteiger partial charge in [0.25, 0.3) is 0 Å². The number of carboxylic acids is 1. The lowest BCUT2D eigenvalue weighted by molar-refractivity contribution is -0.141. The first-order chi connectivity index (χ1) is 10.9. The third-order valence-corrected chi connectivity index (χ3v) is 3.38. The Labute approximate surface area is 134 Å². The van der Waals surface area contributed by atoms with Gasteiger partial charge in [-0.15, -0.1) is 0 Å². The summed E-state index contributed by atoms with van der Waals surface area (Å²) < 4.78 is 0. The lowest BCUT2D eigenvalue weighted by atomic mass is 10.1. The Kier molecular flexibility index (Phi) is 7.81. The molecule has 0 aromatic rings. The Bertz CT molecular complexity index is 457. The van der Waals surface area contributed by atoms with E-state index in [-0.39, 0.29) is 37.4 Å². The third kappa shape index (κ3) is 7.45. The number of guanidine groups is 1. The third-order valence-electron chi connectivity index (χ3n) is 3.38. The summed E-state index contributed by atoms with van der Waals surface area (Å²) in [6.45, 7) is 0.807. The molecule has 1 heterocycles. The second kappa shape index (κ2) is 9.62. The van der Waals surface area contributed by atoms with Gasteiger partial charge < -0.3 is 32.5 Å². The van der Waals surface area contributed by atoms with Gasteiger partial charge in [-0.25, -0.2) is 4.79 Å². The molecule has 1 fully saturated rings. The molecule has 0 radical (unpaired) electrons. The van der Waals surface area contributed by atoms with Crippen LogP contribution in [0.4, 0.5) is 0 Å². The highest BCUT2D eigenvalue weighted by molar-refractivity contribution is 5.89. The van der Waals surface area contributed by atoms with Gasteiger partial charge in [0.1, 0.15) is 6.04 Å². The van der Waals surface area contributed by atoms with Crippen molar-refractivity contribution in [2.24, 2.45) is 16.5 Å². The number of carboxylic acid groups (broad SMARTS) is 1. The molecule has 0 aromatic heterocycles. The molecule has 1 aliphatic heterocycles. The fourth-order valence-electron chi connectivity index (χ4n) is 2.21. The molecular weight excluding hydrogens is 304 g/mol. The molecule has 130 valence electrons. The van der Waals surface area contributed by atoms with Gasteiger partial charge in [0.15, 0.2) is 5.96 Å². The van der Waals surface area contributed by atoms with Gasteiger partial charge in [-0.3, -0.25) is 14.6 Å². The van der Waals surface area contributed by atoms with Crippen molar-refractivity contribution < 1.29 is 19.5 Å². The molecule has 0 unspecified atom stereocenters. The summed E-state index contributed by atoms with van der Waals surface area (Å²) in [4.78, 5) is 38.3. The van der Waals surface area contributed by atoms with Crippen molar-refractivity contribution in [3.8, 4) is 0 Å². The van der Waals surface area contributed by atoms with E-state index in [2.05, 4.69) is 20.9 Å². The summed E-state index contributed by atoms with van der Waals surface area (Å²) in [6, 6.07) is -1.32. The van der Waals surface area contributed by atoms with Crippen LogP contribution < -0.4 is 27.4 Å². The second-order valence-electron chi connectivity index (χ2n) is 5.27. The summed E-state index contributed by atoms with van der Waals surface area (Å²) >= 11 is 0. The largest absolute Gasteiger partial charge is 0.480 e. The van der Waals surface area contributed by atoms with Crippen molar-refractivity contribution in [1.82, 2.24) is 16.0 Å². The molecule has 0 bridgehead atoms. The van der Waals surface area contributed by atoms with Crippen molar-refractivity contribution in [3.63, 3.8) is 0 Å². The van der Waals surface area contributed by atoms with Gasteiger partial charge in [0, 0.05) is 6.54 Å². The monoisotopic (exact) mass is 328 g/mol. The molecule has 1 rings (SSSR count).